The van der Waals surface area contributed by atoms with Crippen LogP contribution < -0.4 is 34.1 Å². The zero-order valence-corrected chi connectivity index (χ0v) is 31.2. The summed E-state index contributed by atoms with van der Waals surface area (Å²) in [6.07, 6.45) is 17.6. The summed E-state index contributed by atoms with van der Waals surface area (Å²) in [5.74, 6) is -4.81. The van der Waals surface area contributed by atoms with Gasteiger partial charge < -0.3 is 43.0 Å². The summed E-state index contributed by atoms with van der Waals surface area (Å²) in [5.41, 5.74) is 31.1. The van der Waals surface area contributed by atoms with Crippen molar-refractivity contribution in [3.63, 3.8) is 0 Å². The first-order valence-corrected chi connectivity index (χ1v) is 19.0. The number of Topliss-reactive ketones (excluding diaryl/α,β-unsaturated/α-hetero) is 1. The summed E-state index contributed by atoms with van der Waals surface area (Å²) in [7, 11) is 0. The van der Waals surface area contributed by atoms with Gasteiger partial charge in [0.15, 0.2) is 0 Å². The summed E-state index contributed by atoms with van der Waals surface area (Å²) in [6.45, 7) is 6.00. The van der Waals surface area contributed by atoms with E-state index in [2.05, 4.69) is 12.4 Å². The number of hydroxylamine groups is 1. The number of esters is 3. The molecule has 0 aromatic heterocycles. The summed E-state index contributed by atoms with van der Waals surface area (Å²) in [4.78, 5) is 68.3. The van der Waals surface area contributed by atoms with Crippen molar-refractivity contribution < 1.29 is 38.3 Å². The average Bonchev–Trinajstić information content (AvgIpc) is 3.10. The Morgan fingerprint density at radius 3 is 1.60 bits per heavy atom. The highest BCUT2D eigenvalue weighted by Crippen LogP contribution is 2.15. The third-order valence-corrected chi connectivity index (χ3v) is 8.93. The second-order valence-corrected chi connectivity index (χ2v) is 13.4. The summed E-state index contributed by atoms with van der Waals surface area (Å²) < 4.78 is 10.1. The number of hydrogen-bond donors (Lipinski definition) is 6. The van der Waals surface area contributed by atoms with Gasteiger partial charge in [0.25, 0.3) is 0 Å². The highest BCUT2D eigenvalue weighted by Gasteiger charge is 2.33. The largest absolute Gasteiger partial charge is 0.459 e. The predicted molar refractivity (Wildman–Crippen MR) is 194 cm³/mol. The third-order valence-electron chi connectivity index (χ3n) is 8.93. The first-order valence-electron chi connectivity index (χ1n) is 19.0. The normalized spacial score (nSPS) is 15.0. The Labute approximate surface area is 300 Å². The van der Waals surface area contributed by atoms with Gasteiger partial charge in [-0.05, 0) is 58.5 Å². The average molecular weight is 715 g/mol. The molecule has 0 aliphatic carbocycles. The molecule has 14 nitrogen and oxygen atoms in total. The fraction of sp³-hybridized carbons (Fsp3) is 0.861. The molecule has 0 aromatic carbocycles. The zero-order chi connectivity index (χ0) is 37.7. The molecule has 0 aliphatic rings. The summed E-state index contributed by atoms with van der Waals surface area (Å²) in [6, 6.07) is -4.91. The summed E-state index contributed by atoms with van der Waals surface area (Å²) in [5, 5.41) is 0. The maximum Gasteiger partial charge on any atom is 0.342 e. The number of carbonyl (C=O) groups excluding carboxylic acids is 5. The minimum atomic E-state index is -1.48. The van der Waals surface area contributed by atoms with E-state index in [0.29, 0.717) is 51.6 Å². The van der Waals surface area contributed by atoms with Crippen LogP contribution in [0.1, 0.15) is 149 Å². The molecule has 0 spiro atoms. The molecule has 14 heteroatoms. The number of carbonyl (C=O) groups is 5. The van der Waals surface area contributed by atoms with Crippen LogP contribution in [0.5, 0.6) is 0 Å². The van der Waals surface area contributed by atoms with Crippen molar-refractivity contribution >= 4 is 29.7 Å². The van der Waals surface area contributed by atoms with E-state index in [4.69, 9.17) is 43.0 Å². The zero-order valence-electron chi connectivity index (χ0n) is 31.2. The number of ether oxygens (including phenoxy) is 2. The Morgan fingerprint density at radius 2 is 1.08 bits per heavy atom. The molecule has 0 bridgehead atoms. The number of hydrogen-bond acceptors (Lipinski definition) is 14. The molecule has 0 fully saturated rings. The second-order valence-electron chi connectivity index (χ2n) is 13.4. The third kappa shape index (κ3) is 22.4. The molecule has 50 heavy (non-hydrogen) atoms. The van der Waals surface area contributed by atoms with Crippen LogP contribution in [0.2, 0.25) is 0 Å². The molecule has 0 unspecified atom stereocenters. The maximum atomic E-state index is 12.9. The molecule has 0 amide bonds. The van der Waals surface area contributed by atoms with Crippen LogP contribution in [0.25, 0.3) is 0 Å². The molecule has 0 rings (SSSR count). The quantitative estimate of drug-likeness (QED) is 0.0192. The van der Waals surface area contributed by atoms with E-state index < -0.39 is 60.1 Å². The topological polar surface area (TPSA) is 255 Å². The molecule has 0 aliphatic heterocycles. The molecule has 0 saturated carbocycles. The fourth-order valence-corrected chi connectivity index (χ4v) is 5.26. The van der Waals surface area contributed by atoms with E-state index in [1.165, 1.54) is 64.7 Å². The van der Waals surface area contributed by atoms with Gasteiger partial charge in [-0.25, -0.2) is 14.4 Å². The first-order chi connectivity index (χ1) is 23.9. The molecule has 0 radical (unpaired) electrons. The molecular formula is C36H70N6O8. The Hall–Kier alpha value is -2.49. The Balaban J connectivity index is 4.68. The number of unbranched alkanes of at least 4 members (excludes halogenated alkanes) is 14. The van der Waals surface area contributed by atoms with Gasteiger partial charge in [0.05, 0.1) is 0 Å². The highest BCUT2D eigenvalue weighted by atomic mass is 16.7. The predicted octanol–water partition coefficient (Wildman–Crippen LogP) is 3.33. The van der Waals surface area contributed by atoms with E-state index in [9.17, 15) is 24.0 Å². The minimum Gasteiger partial charge on any atom is -0.459 e. The number of ketones is 1. The van der Waals surface area contributed by atoms with E-state index >= 15 is 0 Å². The molecule has 292 valence electrons. The molecule has 6 atom stereocenters. The Morgan fingerprint density at radius 1 is 0.580 bits per heavy atom. The Bertz CT molecular complexity index is 956. The molecule has 0 heterocycles. The summed E-state index contributed by atoms with van der Waals surface area (Å²) >= 11 is 0. The van der Waals surface area contributed by atoms with Gasteiger partial charge >= 0.3 is 23.9 Å². The molecule has 0 saturated heterocycles. The van der Waals surface area contributed by atoms with Crippen LogP contribution in [0.3, 0.4) is 0 Å². The van der Waals surface area contributed by atoms with Crippen LogP contribution in [-0.2, 0) is 38.3 Å². The van der Waals surface area contributed by atoms with Gasteiger partial charge in [-0.1, -0.05) is 97.3 Å². The maximum absolute atomic E-state index is 12.9. The number of rotatable bonds is 32. The number of nitrogens with one attached hydrogen (secondary N) is 1. The van der Waals surface area contributed by atoms with Gasteiger partial charge in [0.1, 0.15) is 36.1 Å². The van der Waals surface area contributed by atoms with Crippen molar-refractivity contribution in [1.82, 2.24) is 5.48 Å². The lowest BCUT2D eigenvalue weighted by Gasteiger charge is -2.22. The lowest BCUT2D eigenvalue weighted by Crippen LogP contribution is -2.49. The van der Waals surface area contributed by atoms with E-state index in [1.807, 2.05) is 0 Å². The molecule has 0 aromatic rings. The fourth-order valence-electron chi connectivity index (χ4n) is 5.26. The highest BCUT2D eigenvalue weighted by molar-refractivity contribution is 5.91. The van der Waals surface area contributed by atoms with Crippen molar-refractivity contribution in [1.29, 1.82) is 0 Å². The van der Waals surface area contributed by atoms with Crippen molar-refractivity contribution in [2.24, 2.45) is 34.6 Å². The SMILES string of the molecule is CCCCCCCCCCCCCCCC(=O)[C@H](C)[C@H](N)C(=O)ON[C@@H](CCCCN)C(=O)OC(=O)[C@@H](N)[C@@H](C)OC(=O)[C@@H](N)CCCCN. The monoisotopic (exact) mass is 715 g/mol. The van der Waals surface area contributed by atoms with Crippen LogP contribution in [0.15, 0.2) is 0 Å². The van der Waals surface area contributed by atoms with Crippen LogP contribution >= 0.6 is 0 Å². The van der Waals surface area contributed by atoms with Gasteiger partial charge in [-0.2, -0.15) is 0 Å². The second kappa shape index (κ2) is 30.2. The van der Waals surface area contributed by atoms with Gasteiger partial charge in [0, 0.05) is 12.3 Å². The molecular weight excluding hydrogens is 644 g/mol. The number of nitrogens with two attached hydrogens (primary N) is 5. The van der Waals surface area contributed by atoms with Crippen LogP contribution in [0.4, 0.5) is 0 Å². The minimum absolute atomic E-state index is 0.108. The van der Waals surface area contributed by atoms with Crippen molar-refractivity contribution in [3.05, 3.63) is 0 Å². The van der Waals surface area contributed by atoms with Gasteiger partial charge in [-0.3, -0.25) is 9.59 Å². The standard InChI is InChI=1S/C36H70N6O8/c1-4-5-6-7-8-9-10-11-12-13-14-15-16-23-30(43)26(2)31(40)36(47)50-42-29(22-18-20-25-38)34(45)49-35(46)32(41)27(3)48-33(44)28(39)21-17-19-24-37/h26-29,31-32,42H,4-25,37-41H2,1-3H3/t26-,27+,28-,29-,31-,32-/m0/s1. The lowest BCUT2D eigenvalue weighted by atomic mass is 9.94. The van der Waals surface area contributed by atoms with E-state index in [0.717, 1.165) is 25.7 Å². The van der Waals surface area contributed by atoms with E-state index in [-0.39, 0.29) is 12.2 Å². The van der Waals surface area contributed by atoms with Gasteiger partial charge in [0.2, 0.25) is 0 Å². The van der Waals surface area contributed by atoms with Crippen molar-refractivity contribution in [2.45, 2.75) is 179 Å². The van der Waals surface area contributed by atoms with Gasteiger partial charge in [-0.15, -0.1) is 5.48 Å². The van der Waals surface area contributed by atoms with Crippen molar-refractivity contribution in [2.75, 3.05) is 13.1 Å². The van der Waals surface area contributed by atoms with Crippen LogP contribution in [-0.4, -0.2) is 73.0 Å². The smallest absolute Gasteiger partial charge is 0.342 e. The van der Waals surface area contributed by atoms with Crippen LogP contribution in [0, 0.1) is 5.92 Å². The Kier molecular flexibility index (Phi) is 28.7. The van der Waals surface area contributed by atoms with Crippen molar-refractivity contribution in [3.8, 4) is 0 Å². The lowest BCUT2D eigenvalue weighted by molar-refractivity contribution is -0.170. The van der Waals surface area contributed by atoms with E-state index in [1.54, 1.807) is 6.92 Å². The first kappa shape index (κ1) is 47.5. The molecule has 11 N–H and O–H groups in total.